The smallest absolute Gasteiger partial charge is 0.273 e. The molecule has 0 atom stereocenters. The molecule has 0 aliphatic heterocycles. The zero-order chi connectivity index (χ0) is 23.9. The standard InChI is InChI=1S/C25H28N6OS2/c1-4-14-30(15-5-2)24(32)21-16-33-22(27-21)17-34-25-29-28-23(19-10-12-26-13-11-19)31(25)20-8-6-18(3)7-9-20/h6-13,16H,4-5,14-15,17H2,1-3H3. The minimum atomic E-state index is 0.0130. The van der Waals surface area contributed by atoms with Gasteiger partial charge in [-0.05, 0) is 44.0 Å². The predicted octanol–water partition coefficient (Wildman–Crippen LogP) is 5.65. The Morgan fingerprint density at radius 1 is 1.03 bits per heavy atom. The molecule has 0 radical (unpaired) electrons. The van der Waals surface area contributed by atoms with Gasteiger partial charge < -0.3 is 4.90 Å². The second kappa shape index (κ2) is 11.4. The number of pyridine rings is 1. The number of rotatable bonds is 10. The van der Waals surface area contributed by atoms with Crippen molar-refractivity contribution in [3.8, 4) is 17.1 Å². The molecule has 176 valence electrons. The largest absolute Gasteiger partial charge is 0.337 e. The number of amides is 1. The Kier molecular flexibility index (Phi) is 8.08. The van der Waals surface area contributed by atoms with Crippen LogP contribution in [0.1, 0.15) is 47.7 Å². The molecule has 0 aliphatic rings. The maximum absolute atomic E-state index is 12.9. The monoisotopic (exact) mass is 492 g/mol. The molecular formula is C25H28N6OS2. The van der Waals surface area contributed by atoms with Crippen molar-refractivity contribution in [1.82, 2.24) is 29.6 Å². The normalized spacial score (nSPS) is 11.0. The first-order valence-corrected chi connectivity index (χ1v) is 13.3. The molecule has 34 heavy (non-hydrogen) atoms. The lowest BCUT2D eigenvalue weighted by Crippen LogP contribution is -2.32. The Morgan fingerprint density at radius 3 is 2.41 bits per heavy atom. The summed E-state index contributed by atoms with van der Waals surface area (Å²) < 4.78 is 2.06. The van der Waals surface area contributed by atoms with Gasteiger partial charge in [0.25, 0.3) is 5.91 Å². The summed E-state index contributed by atoms with van der Waals surface area (Å²) in [5.41, 5.74) is 3.66. The lowest BCUT2D eigenvalue weighted by Gasteiger charge is -2.20. The number of aryl methyl sites for hydroxylation is 1. The van der Waals surface area contributed by atoms with Gasteiger partial charge in [-0.2, -0.15) is 0 Å². The third kappa shape index (κ3) is 5.53. The number of thiazole rings is 1. The van der Waals surface area contributed by atoms with E-state index < -0.39 is 0 Å². The third-order valence-electron chi connectivity index (χ3n) is 5.23. The molecule has 0 unspecified atom stereocenters. The average molecular weight is 493 g/mol. The van der Waals surface area contributed by atoms with E-state index in [9.17, 15) is 4.79 Å². The Morgan fingerprint density at radius 2 is 1.74 bits per heavy atom. The van der Waals surface area contributed by atoms with Gasteiger partial charge in [0.1, 0.15) is 10.7 Å². The van der Waals surface area contributed by atoms with Crippen LogP contribution >= 0.6 is 23.1 Å². The van der Waals surface area contributed by atoms with Crippen molar-refractivity contribution in [3.63, 3.8) is 0 Å². The fourth-order valence-electron chi connectivity index (χ4n) is 3.60. The van der Waals surface area contributed by atoms with Crippen molar-refractivity contribution >= 4 is 29.0 Å². The van der Waals surface area contributed by atoms with Crippen molar-refractivity contribution in [2.45, 2.75) is 44.5 Å². The number of carbonyl (C=O) groups is 1. The number of thioether (sulfide) groups is 1. The third-order valence-corrected chi connectivity index (χ3v) is 7.21. The van der Waals surface area contributed by atoms with Gasteiger partial charge in [0.05, 0.1) is 5.75 Å². The van der Waals surface area contributed by atoms with E-state index in [4.69, 9.17) is 0 Å². The molecule has 0 bridgehead atoms. The summed E-state index contributed by atoms with van der Waals surface area (Å²) >= 11 is 3.08. The number of carbonyl (C=O) groups excluding carboxylic acids is 1. The molecule has 7 nitrogen and oxygen atoms in total. The summed E-state index contributed by atoms with van der Waals surface area (Å²) in [5, 5.41) is 12.5. The summed E-state index contributed by atoms with van der Waals surface area (Å²) in [6.07, 6.45) is 5.38. The number of hydrogen-bond acceptors (Lipinski definition) is 7. The zero-order valence-corrected chi connectivity index (χ0v) is 21.3. The Hall–Kier alpha value is -3.04. The van der Waals surface area contributed by atoms with Crippen LogP contribution in [0, 0.1) is 6.92 Å². The van der Waals surface area contributed by atoms with Gasteiger partial charge >= 0.3 is 0 Å². The Balaban J connectivity index is 1.57. The van der Waals surface area contributed by atoms with Gasteiger partial charge in [-0.1, -0.05) is 43.3 Å². The molecule has 1 amide bonds. The average Bonchev–Trinajstić information content (AvgIpc) is 3.51. The lowest BCUT2D eigenvalue weighted by molar-refractivity contribution is 0.0750. The molecule has 4 rings (SSSR count). The molecule has 4 aromatic rings. The summed E-state index contributed by atoms with van der Waals surface area (Å²) in [6.45, 7) is 7.75. The van der Waals surface area contributed by atoms with Crippen LogP contribution in [0.25, 0.3) is 17.1 Å². The van der Waals surface area contributed by atoms with Crippen LogP contribution in [0.2, 0.25) is 0 Å². The minimum Gasteiger partial charge on any atom is -0.337 e. The van der Waals surface area contributed by atoms with Crippen LogP contribution in [0.3, 0.4) is 0 Å². The first-order chi connectivity index (χ1) is 16.6. The summed E-state index contributed by atoms with van der Waals surface area (Å²) in [4.78, 5) is 23.5. The number of benzene rings is 1. The van der Waals surface area contributed by atoms with E-state index in [2.05, 4.69) is 69.8 Å². The van der Waals surface area contributed by atoms with E-state index in [-0.39, 0.29) is 5.91 Å². The molecule has 0 spiro atoms. The predicted molar refractivity (Wildman–Crippen MR) is 137 cm³/mol. The fraction of sp³-hybridized carbons (Fsp3) is 0.320. The molecule has 0 saturated heterocycles. The van der Waals surface area contributed by atoms with Crippen molar-refractivity contribution in [2.24, 2.45) is 0 Å². The lowest BCUT2D eigenvalue weighted by atomic mass is 10.2. The van der Waals surface area contributed by atoms with Gasteiger partial charge in [-0.3, -0.25) is 14.3 Å². The van der Waals surface area contributed by atoms with Crippen molar-refractivity contribution in [3.05, 3.63) is 70.4 Å². The number of hydrogen-bond donors (Lipinski definition) is 0. The van der Waals surface area contributed by atoms with Crippen LogP contribution in [0.5, 0.6) is 0 Å². The van der Waals surface area contributed by atoms with Crippen molar-refractivity contribution in [1.29, 1.82) is 0 Å². The van der Waals surface area contributed by atoms with Crippen molar-refractivity contribution < 1.29 is 4.79 Å². The second-order valence-corrected chi connectivity index (χ2v) is 9.81. The maximum atomic E-state index is 12.9. The molecule has 0 N–H and O–H groups in total. The SMILES string of the molecule is CCCN(CCC)C(=O)c1csc(CSc2nnc(-c3ccncc3)n2-c2ccc(C)cc2)n1. The molecule has 0 saturated carbocycles. The van der Waals surface area contributed by atoms with Crippen LogP contribution in [-0.2, 0) is 5.75 Å². The maximum Gasteiger partial charge on any atom is 0.273 e. The molecule has 0 aliphatic carbocycles. The quantitative estimate of drug-likeness (QED) is 0.266. The van der Waals surface area contributed by atoms with E-state index in [1.165, 1.54) is 16.9 Å². The first kappa shape index (κ1) is 24.1. The summed E-state index contributed by atoms with van der Waals surface area (Å²) in [7, 11) is 0. The summed E-state index contributed by atoms with van der Waals surface area (Å²) in [6, 6.07) is 12.2. The fourth-order valence-corrected chi connectivity index (χ4v) is 5.33. The Bertz CT molecular complexity index is 1210. The highest BCUT2D eigenvalue weighted by molar-refractivity contribution is 7.98. The number of aromatic nitrogens is 5. The minimum absolute atomic E-state index is 0.0130. The molecule has 1 aromatic carbocycles. The van der Waals surface area contributed by atoms with Gasteiger partial charge in [0.2, 0.25) is 0 Å². The molecule has 3 heterocycles. The van der Waals surface area contributed by atoms with Crippen molar-refractivity contribution in [2.75, 3.05) is 13.1 Å². The highest BCUT2D eigenvalue weighted by Crippen LogP contribution is 2.30. The highest BCUT2D eigenvalue weighted by Gasteiger charge is 2.19. The topological polar surface area (TPSA) is 76.8 Å². The van der Waals surface area contributed by atoms with E-state index in [1.54, 1.807) is 24.2 Å². The summed E-state index contributed by atoms with van der Waals surface area (Å²) in [5.74, 6) is 1.39. The van der Waals surface area contributed by atoms with E-state index >= 15 is 0 Å². The van der Waals surface area contributed by atoms with E-state index in [0.717, 1.165) is 53.2 Å². The second-order valence-electron chi connectivity index (χ2n) is 7.92. The van der Waals surface area contributed by atoms with Gasteiger partial charge in [0, 0.05) is 42.1 Å². The molecule has 9 heteroatoms. The van der Waals surface area contributed by atoms with Gasteiger partial charge in [0.15, 0.2) is 11.0 Å². The van der Waals surface area contributed by atoms with Gasteiger partial charge in [-0.15, -0.1) is 21.5 Å². The van der Waals surface area contributed by atoms with Crippen LogP contribution < -0.4 is 0 Å². The molecular weight excluding hydrogens is 464 g/mol. The van der Waals surface area contributed by atoms with E-state index in [1.807, 2.05) is 22.4 Å². The number of nitrogens with zero attached hydrogens (tertiary/aromatic N) is 6. The molecule has 3 aromatic heterocycles. The van der Waals surface area contributed by atoms with Crippen LogP contribution in [0.15, 0.2) is 59.3 Å². The first-order valence-electron chi connectivity index (χ1n) is 11.4. The van der Waals surface area contributed by atoms with Crippen LogP contribution in [0.4, 0.5) is 0 Å². The molecule has 0 fully saturated rings. The van der Waals surface area contributed by atoms with E-state index in [0.29, 0.717) is 11.4 Å². The van der Waals surface area contributed by atoms with Gasteiger partial charge in [-0.25, -0.2) is 4.98 Å². The zero-order valence-electron chi connectivity index (χ0n) is 19.6. The Labute approximate surface area is 208 Å². The highest BCUT2D eigenvalue weighted by atomic mass is 32.2. The van der Waals surface area contributed by atoms with Crippen LogP contribution in [-0.4, -0.2) is 48.6 Å².